The van der Waals surface area contributed by atoms with Gasteiger partial charge in [-0.05, 0) is 0 Å². The third-order valence-corrected chi connectivity index (χ3v) is 3.18. The van der Waals surface area contributed by atoms with Crippen molar-refractivity contribution in [2.24, 2.45) is 0 Å². The molecule has 1 N–H and O–H groups in total. The van der Waals surface area contributed by atoms with E-state index in [9.17, 15) is 4.79 Å². The Bertz CT molecular complexity index is 437. The molecule has 0 fully saturated rings. The number of hydrogen-bond acceptors (Lipinski definition) is 4. The number of amides is 1. The van der Waals surface area contributed by atoms with Gasteiger partial charge in [-0.25, -0.2) is 14.8 Å². The lowest BCUT2D eigenvalue weighted by atomic mass is 10.2. The van der Waals surface area contributed by atoms with Crippen LogP contribution in [0.15, 0.2) is 30.3 Å². The third-order valence-electron chi connectivity index (χ3n) is 2.17. The van der Waals surface area contributed by atoms with E-state index in [1.165, 1.54) is 10.9 Å². The summed E-state index contributed by atoms with van der Waals surface area (Å²) in [6, 6.07) is -0.166. The number of nitrogens with zero attached hydrogens (tertiary/aromatic N) is 3. The Balaban J connectivity index is 1.86. The first-order valence-electron chi connectivity index (χ1n) is 4.93. The number of hydrogen-bond donors (Lipinski definition) is 1. The highest BCUT2D eigenvalue weighted by Gasteiger charge is 2.10. The Labute approximate surface area is 97.2 Å². The molecule has 2 rings (SSSR count). The smallest absolute Gasteiger partial charge is 0.326 e. The molecule has 5 nitrogen and oxygen atoms in total. The van der Waals surface area contributed by atoms with Crippen LogP contribution in [0.25, 0.3) is 0 Å². The van der Waals surface area contributed by atoms with E-state index in [1.807, 2.05) is 12.3 Å². The van der Waals surface area contributed by atoms with Crippen LogP contribution >= 0.6 is 11.3 Å². The molecule has 0 aliphatic carbocycles. The SMILES string of the molecule is CC(CNC(=O)n1ccnc1)c1nccs1. The number of rotatable bonds is 3. The second-order valence-electron chi connectivity index (χ2n) is 3.43. The van der Waals surface area contributed by atoms with Gasteiger partial charge in [-0.15, -0.1) is 11.3 Å². The van der Waals surface area contributed by atoms with Gasteiger partial charge < -0.3 is 5.32 Å². The summed E-state index contributed by atoms with van der Waals surface area (Å²) in [5.41, 5.74) is 0. The van der Waals surface area contributed by atoms with Crippen LogP contribution in [-0.4, -0.2) is 27.1 Å². The predicted octanol–water partition coefficient (Wildman–Crippen LogP) is 1.70. The number of nitrogens with one attached hydrogen (secondary N) is 1. The largest absolute Gasteiger partial charge is 0.337 e. The van der Waals surface area contributed by atoms with Gasteiger partial charge in [0.25, 0.3) is 0 Å². The Morgan fingerprint density at radius 3 is 3.12 bits per heavy atom. The average Bonchev–Trinajstić information content (AvgIpc) is 2.95. The van der Waals surface area contributed by atoms with Gasteiger partial charge in [-0.3, -0.25) is 4.57 Å². The summed E-state index contributed by atoms with van der Waals surface area (Å²) in [5.74, 6) is 0.229. The standard InChI is InChI=1S/C10H12N4OS/c1-8(9-12-3-5-16-9)6-13-10(15)14-4-2-11-7-14/h2-5,7-8H,6H2,1H3,(H,13,15). The number of imidazole rings is 1. The highest BCUT2D eigenvalue weighted by Crippen LogP contribution is 2.16. The fourth-order valence-electron chi connectivity index (χ4n) is 1.28. The van der Waals surface area contributed by atoms with E-state index in [4.69, 9.17) is 0 Å². The summed E-state index contributed by atoms with van der Waals surface area (Å²) in [6.07, 6.45) is 6.44. The van der Waals surface area contributed by atoms with Gasteiger partial charge in [0, 0.05) is 36.4 Å². The molecule has 6 heteroatoms. The van der Waals surface area contributed by atoms with E-state index in [0.29, 0.717) is 6.54 Å². The van der Waals surface area contributed by atoms with Crippen molar-refractivity contribution in [1.29, 1.82) is 0 Å². The quantitative estimate of drug-likeness (QED) is 0.882. The molecule has 0 aliphatic rings. The molecule has 0 spiro atoms. The van der Waals surface area contributed by atoms with Crippen LogP contribution in [-0.2, 0) is 0 Å². The highest BCUT2D eigenvalue weighted by atomic mass is 32.1. The summed E-state index contributed by atoms with van der Waals surface area (Å²) in [6.45, 7) is 2.61. The van der Waals surface area contributed by atoms with Crippen LogP contribution < -0.4 is 5.32 Å². The number of aromatic nitrogens is 3. The molecule has 0 bridgehead atoms. The Morgan fingerprint density at radius 2 is 2.50 bits per heavy atom. The van der Waals surface area contributed by atoms with Gasteiger partial charge in [0.2, 0.25) is 0 Å². The summed E-state index contributed by atoms with van der Waals surface area (Å²) >= 11 is 1.60. The van der Waals surface area contributed by atoms with Crippen LogP contribution in [0.4, 0.5) is 4.79 Å². The van der Waals surface area contributed by atoms with Gasteiger partial charge >= 0.3 is 6.03 Å². The average molecular weight is 236 g/mol. The molecule has 0 saturated heterocycles. The van der Waals surface area contributed by atoms with Gasteiger partial charge in [0.15, 0.2) is 0 Å². The van der Waals surface area contributed by atoms with Crippen LogP contribution in [0, 0.1) is 0 Å². The lowest BCUT2D eigenvalue weighted by Gasteiger charge is -2.09. The number of thiazole rings is 1. The van der Waals surface area contributed by atoms with E-state index in [-0.39, 0.29) is 11.9 Å². The van der Waals surface area contributed by atoms with Gasteiger partial charge in [0.05, 0.1) is 5.01 Å². The molecule has 1 amide bonds. The van der Waals surface area contributed by atoms with E-state index in [2.05, 4.69) is 15.3 Å². The minimum absolute atomic E-state index is 0.166. The summed E-state index contributed by atoms with van der Waals surface area (Å²) < 4.78 is 1.41. The normalized spacial score (nSPS) is 12.3. The molecule has 0 radical (unpaired) electrons. The van der Waals surface area contributed by atoms with E-state index >= 15 is 0 Å². The second-order valence-corrected chi connectivity index (χ2v) is 4.35. The first kappa shape index (κ1) is 10.8. The summed E-state index contributed by atoms with van der Waals surface area (Å²) in [5, 5.41) is 5.79. The summed E-state index contributed by atoms with van der Waals surface area (Å²) in [4.78, 5) is 19.6. The molecule has 2 aromatic heterocycles. The second kappa shape index (κ2) is 4.89. The predicted molar refractivity (Wildman–Crippen MR) is 61.6 cm³/mol. The monoisotopic (exact) mass is 236 g/mol. The van der Waals surface area contributed by atoms with Gasteiger partial charge in [-0.2, -0.15) is 0 Å². The Hall–Kier alpha value is -1.69. The molecular weight excluding hydrogens is 224 g/mol. The van der Waals surface area contributed by atoms with E-state index in [0.717, 1.165) is 5.01 Å². The van der Waals surface area contributed by atoms with Crippen LogP contribution in [0.3, 0.4) is 0 Å². The van der Waals surface area contributed by atoms with Crippen molar-refractivity contribution in [2.75, 3.05) is 6.54 Å². The lowest BCUT2D eigenvalue weighted by Crippen LogP contribution is -2.30. The lowest BCUT2D eigenvalue weighted by molar-refractivity contribution is 0.242. The number of carbonyl (C=O) groups is 1. The topological polar surface area (TPSA) is 59.8 Å². The zero-order chi connectivity index (χ0) is 11.4. The Kier molecular flexibility index (Phi) is 3.31. The molecule has 1 atom stereocenters. The van der Waals surface area contributed by atoms with Crippen molar-refractivity contribution < 1.29 is 4.79 Å². The van der Waals surface area contributed by atoms with Gasteiger partial charge in [0.1, 0.15) is 6.33 Å². The van der Waals surface area contributed by atoms with E-state index < -0.39 is 0 Å². The fraction of sp³-hybridized carbons (Fsp3) is 0.300. The van der Waals surface area contributed by atoms with Crippen molar-refractivity contribution in [3.8, 4) is 0 Å². The molecule has 0 saturated carbocycles. The van der Waals surface area contributed by atoms with E-state index in [1.54, 1.807) is 29.9 Å². The molecule has 0 aliphatic heterocycles. The maximum absolute atomic E-state index is 11.6. The third kappa shape index (κ3) is 2.46. The molecule has 84 valence electrons. The minimum atomic E-state index is -0.166. The van der Waals surface area contributed by atoms with Crippen molar-refractivity contribution in [3.63, 3.8) is 0 Å². The first-order chi connectivity index (χ1) is 7.77. The van der Waals surface area contributed by atoms with Crippen molar-refractivity contribution in [1.82, 2.24) is 19.9 Å². The number of carbonyl (C=O) groups excluding carboxylic acids is 1. The highest BCUT2D eigenvalue weighted by molar-refractivity contribution is 7.09. The van der Waals surface area contributed by atoms with Crippen LogP contribution in [0.2, 0.25) is 0 Å². The molecule has 0 aromatic carbocycles. The molecule has 2 aromatic rings. The fourth-order valence-corrected chi connectivity index (χ4v) is 1.97. The van der Waals surface area contributed by atoms with Crippen molar-refractivity contribution in [2.45, 2.75) is 12.8 Å². The van der Waals surface area contributed by atoms with Crippen LogP contribution in [0.1, 0.15) is 17.8 Å². The zero-order valence-corrected chi connectivity index (χ0v) is 9.65. The maximum atomic E-state index is 11.6. The molecule has 1 unspecified atom stereocenters. The summed E-state index contributed by atoms with van der Waals surface area (Å²) in [7, 11) is 0. The maximum Gasteiger partial charge on any atom is 0.326 e. The van der Waals surface area contributed by atoms with Crippen molar-refractivity contribution in [3.05, 3.63) is 35.3 Å². The first-order valence-corrected chi connectivity index (χ1v) is 5.81. The molecule has 16 heavy (non-hydrogen) atoms. The van der Waals surface area contributed by atoms with Crippen LogP contribution in [0.5, 0.6) is 0 Å². The molecular formula is C10H12N4OS. The molecule has 2 heterocycles. The van der Waals surface area contributed by atoms with Gasteiger partial charge in [-0.1, -0.05) is 6.92 Å². The van der Waals surface area contributed by atoms with Crippen molar-refractivity contribution >= 4 is 17.4 Å². The zero-order valence-electron chi connectivity index (χ0n) is 8.83. The minimum Gasteiger partial charge on any atom is -0.337 e. The Morgan fingerprint density at radius 1 is 1.62 bits per heavy atom.